The monoisotopic (exact) mass is 369 g/mol. The van der Waals surface area contributed by atoms with Crippen molar-refractivity contribution in [2.45, 2.75) is 52.4 Å². The maximum atomic E-state index is 13.3. The highest BCUT2D eigenvalue weighted by Crippen LogP contribution is 2.50. The maximum absolute atomic E-state index is 13.3. The smallest absolute Gasteiger partial charge is 0.162 e. The Balaban J connectivity index is 1.72. The molecule has 2 aromatic rings. The lowest BCUT2D eigenvalue weighted by molar-refractivity contribution is -0.118. The molecule has 2 heteroatoms. The Bertz CT molecular complexity index is 1040. The van der Waals surface area contributed by atoms with Crippen LogP contribution in [0.3, 0.4) is 0 Å². The second kappa shape index (κ2) is 6.20. The Morgan fingerprint density at radius 3 is 2.50 bits per heavy atom. The fraction of sp³-hybridized carbons (Fsp3) is 0.346. The summed E-state index contributed by atoms with van der Waals surface area (Å²) in [6, 6.07) is 17.5. The van der Waals surface area contributed by atoms with Gasteiger partial charge in [0.25, 0.3) is 0 Å². The molecule has 0 saturated heterocycles. The summed E-state index contributed by atoms with van der Waals surface area (Å²) < 4.78 is 0. The molecular weight excluding hydrogens is 342 g/mol. The summed E-state index contributed by atoms with van der Waals surface area (Å²) >= 11 is 0. The molecule has 1 N–H and O–H groups in total. The first-order chi connectivity index (χ1) is 13.4. The number of nitrogens with one attached hydrogen (secondary N) is 1. The minimum atomic E-state index is 0.00694. The van der Waals surface area contributed by atoms with Crippen molar-refractivity contribution in [3.63, 3.8) is 0 Å². The molecule has 1 heterocycles. The number of allylic oxidation sites excluding steroid dienone is 3. The molecule has 0 spiro atoms. The number of carbonyl (C=O) groups is 1. The molecule has 5 rings (SSSR count). The number of carbonyl (C=O) groups excluding carboxylic acids is 1. The number of aryl methyl sites for hydroxylation is 2. The van der Waals surface area contributed by atoms with Crippen molar-refractivity contribution in [3.05, 3.63) is 87.6 Å². The van der Waals surface area contributed by atoms with Crippen LogP contribution >= 0.6 is 0 Å². The van der Waals surface area contributed by atoms with Gasteiger partial charge in [-0.2, -0.15) is 0 Å². The van der Waals surface area contributed by atoms with Crippen molar-refractivity contribution in [2.75, 3.05) is 0 Å². The Hall–Kier alpha value is -2.61. The molecule has 2 aromatic carbocycles. The van der Waals surface area contributed by atoms with Gasteiger partial charge in [0.05, 0.1) is 0 Å². The number of ketones is 1. The van der Waals surface area contributed by atoms with E-state index in [-0.39, 0.29) is 11.3 Å². The average molecular weight is 370 g/mol. The van der Waals surface area contributed by atoms with Gasteiger partial charge in [0.15, 0.2) is 5.78 Å². The van der Waals surface area contributed by atoms with Crippen LogP contribution in [0.4, 0.5) is 0 Å². The van der Waals surface area contributed by atoms with E-state index < -0.39 is 0 Å². The zero-order valence-corrected chi connectivity index (χ0v) is 16.9. The molecule has 0 aromatic heterocycles. The van der Waals surface area contributed by atoms with Gasteiger partial charge >= 0.3 is 0 Å². The molecule has 2 aliphatic carbocycles. The number of rotatable bonds is 1. The summed E-state index contributed by atoms with van der Waals surface area (Å²) in [6.07, 6.45) is 3.61. The molecule has 0 saturated carbocycles. The number of dihydropyridines is 1. The maximum Gasteiger partial charge on any atom is 0.162 e. The largest absolute Gasteiger partial charge is 0.358 e. The second-order valence-corrected chi connectivity index (χ2v) is 9.36. The highest BCUT2D eigenvalue weighted by Gasteiger charge is 2.42. The number of fused-ring (bicyclic) bond motifs is 2. The third kappa shape index (κ3) is 2.74. The molecule has 0 fully saturated rings. The van der Waals surface area contributed by atoms with Crippen LogP contribution in [-0.2, 0) is 11.2 Å². The Labute approximate surface area is 167 Å². The Kier molecular flexibility index (Phi) is 3.87. The van der Waals surface area contributed by atoms with Gasteiger partial charge in [0.2, 0.25) is 0 Å². The van der Waals surface area contributed by atoms with Crippen LogP contribution in [0.15, 0.2) is 65.4 Å². The molecule has 1 unspecified atom stereocenters. The van der Waals surface area contributed by atoms with E-state index in [1.807, 2.05) is 0 Å². The van der Waals surface area contributed by atoms with Crippen LogP contribution in [0, 0.1) is 12.3 Å². The van der Waals surface area contributed by atoms with Crippen LogP contribution in [0.1, 0.15) is 61.3 Å². The molecule has 28 heavy (non-hydrogen) atoms. The van der Waals surface area contributed by atoms with Crippen molar-refractivity contribution in [1.29, 1.82) is 0 Å². The molecule has 1 atom stereocenters. The zero-order valence-electron chi connectivity index (χ0n) is 16.9. The normalized spacial score (nSPS) is 23.0. The predicted octanol–water partition coefficient (Wildman–Crippen LogP) is 5.68. The van der Waals surface area contributed by atoms with Crippen LogP contribution in [-0.4, -0.2) is 5.78 Å². The van der Waals surface area contributed by atoms with Gasteiger partial charge in [0.1, 0.15) is 0 Å². The van der Waals surface area contributed by atoms with Gasteiger partial charge in [-0.25, -0.2) is 0 Å². The van der Waals surface area contributed by atoms with Gasteiger partial charge in [-0.05, 0) is 48.3 Å². The van der Waals surface area contributed by atoms with Crippen LogP contribution in [0.2, 0.25) is 0 Å². The molecular formula is C26H27NO. The highest BCUT2D eigenvalue weighted by atomic mass is 16.1. The summed E-state index contributed by atoms with van der Waals surface area (Å²) in [6.45, 7) is 6.53. The van der Waals surface area contributed by atoms with E-state index in [0.29, 0.717) is 12.2 Å². The van der Waals surface area contributed by atoms with Crippen molar-refractivity contribution in [3.8, 4) is 0 Å². The first-order valence-corrected chi connectivity index (χ1v) is 10.3. The quantitative estimate of drug-likeness (QED) is 0.700. The lowest BCUT2D eigenvalue weighted by Gasteiger charge is -2.42. The Morgan fingerprint density at radius 1 is 0.964 bits per heavy atom. The van der Waals surface area contributed by atoms with E-state index in [9.17, 15) is 4.79 Å². The van der Waals surface area contributed by atoms with E-state index in [4.69, 9.17) is 0 Å². The first-order valence-electron chi connectivity index (χ1n) is 10.3. The van der Waals surface area contributed by atoms with Gasteiger partial charge in [-0.1, -0.05) is 67.9 Å². The van der Waals surface area contributed by atoms with E-state index in [1.54, 1.807) is 0 Å². The van der Waals surface area contributed by atoms with Crippen molar-refractivity contribution >= 4 is 11.5 Å². The summed E-state index contributed by atoms with van der Waals surface area (Å²) in [7, 11) is 0. The fourth-order valence-corrected chi connectivity index (χ4v) is 5.22. The molecule has 142 valence electrons. The minimum Gasteiger partial charge on any atom is -0.358 e. The summed E-state index contributed by atoms with van der Waals surface area (Å²) in [5.41, 5.74) is 10.0. The standard InChI is InChI=1S/C26H27NO/c1-16-8-10-18(11-9-16)23-20-13-12-17-6-4-5-7-19(17)25(20)27-21-14-26(2,3)15-22(28)24(21)23/h4-11,23,27H,12-15H2,1-3H3. The minimum absolute atomic E-state index is 0.00694. The lowest BCUT2D eigenvalue weighted by Crippen LogP contribution is -2.38. The van der Waals surface area contributed by atoms with Gasteiger partial charge in [0, 0.05) is 34.9 Å². The van der Waals surface area contributed by atoms with Crippen molar-refractivity contribution in [2.24, 2.45) is 5.41 Å². The van der Waals surface area contributed by atoms with Crippen molar-refractivity contribution < 1.29 is 4.79 Å². The van der Waals surface area contributed by atoms with E-state index >= 15 is 0 Å². The summed E-state index contributed by atoms with van der Waals surface area (Å²) in [4.78, 5) is 13.3. The Morgan fingerprint density at radius 2 is 1.71 bits per heavy atom. The molecule has 0 amide bonds. The number of hydrogen-bond acceptors (Lipinski definition) is 2. The SMILES string of the molecule is Cc1ccc(C2C3=C(NC4=C2C(=O)CC(C)(C)C4)c2ccccc2CC3)cc1. The topological polar surface area (TPSA) is 29.1 Å². The third-order valence-corrected chi connectivity index (χ3v) is 6.52. The van der Waals surface area contributed by atoms with E-state index in [1.165, 1.54) is 33.5 Å². The highest BCUT2D eigenvalue weighted by molar-refractivity contribution is 6.01. The summed E-state index contributed by atoms with van der Waals surface area (Å²) in [5.74, 6) is 0.401. The van der Waals surface area contributed by atoms with Crippen LogP contribution in [0.5, 0.6) is 0 Å². The molecule has 3 aliphatic rings. The predicted molar refractivity (Wildman–Crippen MR) is 114 cm³/mol. The molecule has 0 radical (unpaired) electrons. The van der Waals surface area contributed by atoms with E-state index in [2.05, 4.69) is 74.6 Å². The fourth-order valence-electron chi connectivity index (χ4n) is 5.22. The van der Waals surface area contributed by atoms with Gasteiger partial charge < -0.3 is 5.32 Å². The van der Waals surface area contributed by atoms with Crippen LogP contribution < -0.4 is 5.32 Å². The number of hydrogen-bond donors (Lipinski definition) is 1. The lowest BCUT2D eigenvalue weighted by atomic mass is 9.66. The molecule has 0 bridgehead atoms. The number of Topliss-reactive ketones (excluding diaryl/α,β-unsaturated/α-hetero) is 1. The van der Waals surface area contributed by atoms with Crippen molar-refractivity contribution in [1.82, 2.24) is 5.32 Å². The zero-order chi connectivity index (χ0) is 19.5. The van der Waals surface area contributed by atoms with Gasteiger partial charge in [-0.3, -0.25) is 4.79 Å². The summed E-state index contributed by atoms with van der Waals surface area (Å²) in [5, 5.41) is 3.75. The van der Waals surface area contributed by atoms with Gasteiger partial charge in [-0.15, -0.1) is 0 Å². The average Bonchev–Trinajstić information content (AvgIpc) is 2.66. The van der Waals surface area contributed by atoms with E-state index in [0.717, 1.165) is 30.5 Å². The molecule has 1 aliphatic heterocycles. The van der Waals surface area contributed by atoms with Crippen LogP contribution in [0.25, 0.3) is 5.70 Å². The first kappa shape index (κ1) is 17.5. The third-order valence-electron chi connectivity index (χ3n) is 6.52. The molecule has 2 nitrogen and oxygen atoms in total. The second-order valence-electron chi connectivity index (χ2n) is 9.36. The number of benzene rings is 2.